The minimum atomic E-state index is -0.414. The van der Waals surface area contributed by atoms with Gasteiger partial charge in [0.15, 0.2) is 5.76 Å². The maximum atomic E-state index is 13.2. The van der Waals surface area contributed by atoms with Crippen LogP contribution in [0, 0.1) is 0 Å². The van der Waals surface area contributed by atoms with Crippen LogP contribution in [0.25, 0.3) is 17.0 Å². The third-order valence-corrected chi connectivity index (χ3v) is 5.31. The molecule has 0 spiro atoms. The number of rotatable bonds is 6. The highest BCUT2D eigenvalue weighted by molar-refractivity contribution is 6.32. The number of benzene rings is 3. The first-order valence-corrected chi connectivity index (χ1v) is 10.4. The summed E-state index contributed by atoms with van der Waals surface area (Å²) in [5, 5.41) is 4.30. The molecule has 0 aliphatic carbocycles. The number of carbonyl (C=O) groups is 2. The molecule has 3 aromatic carbocycles. The molecule has 1 heterocycles. The van der Waals surface area contributed by atoms with Crippen molar-refractivity contribution in [2.45, 2.75) is 0 Å². The van der Waals surface area contributed by atoms with Gasteiger partial charge in [0.1, 0.15) is 11.3 Å². The van der Waals surface area contributed by atoms with Gasteiger partial charge in [0.05, 0.1) is 17.8 Å². The normalized spacial score (nSPS) is 11.1. The van der Waals surface area contributed by atoms with Crippen LogP contribution in [0.4, 0.5) is 5.69 Å². The molecule has 0 unspecified atom stereocenters. The van der Waals surface area contributed by atoms with Crippen LogP contribution in [0.5, 0.6) is 5.75 Å². The first-order chi connectivity index (χ1) is 15.5. The average molecular weight is 466 g/mol. The molecule has 160 valence electrons. The molecule has 0 aliphatic heterocycles. The number of furan rings is 1. The van der Waals surface area contributed by atoms with Gasteiger partial charge in [-0.05, 0) is 54.1 Å². The number of halogens is 2. The summed E-state index contributed by atoms with van der Waals surface area (Å²) in [6, 6.07) is 18.8. The van der Waals surface area contributed by atoms with Crippen molar-refractivity contribution in [2.24, 2.45) is 0 Å². The summed E-state index contributed by atoms with van der Waals surface area (Å²) in [6.45, 7) is 0. The lowest BCUT2D eigenvalue weighted by Crippen LogP contribution is -2.11. The van der Waals surface area contributed by atoms with Crippen LogP contribution in [0.3, 0.4) is 0 Å². The first-order valence-electron chi connectivity index (χ1n) is 9.60. The van der Waals surface area contributed by atoms with Crippen LogP contribution in [0.2, 0.25) is 10.0 Å². The second-order valence-electron chi connectivity index (χ2n) is 6.85. The predicted molar refractivity (Wildman–Crippen MR) is 127 cm³/mol. The van der Waals surface area contributed by atoms with Gasteiger partial charge < -0.3 is 14.5 Å². The van der Waals surface area contributed by atoms with Crippen molar-refractivity contribution in [2.75, 3.05) is 12.4 Å². The molecule has 1 aromatic heterocycles. The molecule has 0 saturated carbocycles. The van der Waals surface area contributed by atoms with Crippen LogP contribution >= 0.6 is 23.2 Å². The van der Waals surface area contributed by atoms with E-state index >= 15 is 0 Å². The summed E-state index contributed by atoms with van der Waals surface area (Å²) in [7, 11) is 1.49. The van der Waals surface area contributed by atoms with E-state index in [4.69, 9.17) is 32.4 Å². The summed E-state index contributed by atoms with van der Waals surface area (Å²) in [6.07, 6.45) is 3.03. The maximum absolute atomic E-state index is 13.2. The maximum Gasteiger partial charge on any atom is 0.248 e. The number of methoxy groups -OCH3 is 1. The number of hydrogen-bond donors (Lipinski definition) is 1. The molecule has 0 saturated heterocycles. The first kappa shape index (κ1) is 21.7. The molecule has 4 aromatic rings. The Labute approximate surface area is 194 Å². The largest absolute Gasteiger partial charge is 0.495 e. The van der Waals surface area contributed by atoms with Gasteiger partial charge in [0.25, 0.3) is 0 Å². The van der Waals surface area contributed by atoms with E-state index in [9.17, 15) is 9.59 Å². The number of fused-ring (bicyclic) bond motifs is 1. The fourth-order valence-electron chi connectivity index (χ4n) is 3.18. The number of anilines is 1. The molecule has 32 heavy (non-hydrogen) atoms. The molecule has 0 radical (unpaired) electrons. The zero-order valence-corrected chi connectivity index (χ0v) is 18.4. The number of ether oxygens (including phenoxy) is 1. The summed E-state index contributed by atoms with van der Waals surface area (Å²) < 4.78 is 11.0. The van der Waals surface area contributed by atoms with Gasteiger partial charge in [-0.15, -0.1) is 0 Å². The lowest BCUT2D eigenvalue weighted by Gasteiger charge is -2.06. The molecule has 1 amide bonds. The van der Waals surface area contributed by atoms with Crippen LogP contribution in [-0.2, 0) is 4.79 Å². The number of amides is 1. The molecule has 5 nitrogen and oxygen atoms in total. The van der Waals surface area contributed by atoms with Crippen LogP contribution in [-0.4, -0.2) is 18.8 Å². The average Bonchev–Trinajstić information content (AvgIpc) is 3.16. The van der Waals surface area contributed by atoms with E-state index in [0.29, 0.717) is 38.0 Å². The quantitative estimate of drug-likeness (QED) is 0.256. The van der Waals surface area contributed by atoms with E-state index in [1.807, 2.05) is 0 Å². The molecule has 4 rings (SSSR count). The third-order valence-electron chi connectivity index (χ3n) is 4.76. The monoisotopic (exact) mass is 465 g/mol. The highest BCUT2D eigenvalue weighted by Gasteiger charge is 2.23. The van der Waals surface area contributed by atoms with Crippen molar-refractivity contribution < 1.29 is 18.7 Å². The SMILES string of the molecule is COc1ccc(C(=O)c2oc3ccccc3c2NC(=O)/C=C/c2ccc(Cl)cc2)cc1Cl. The molecule has 0 atom stereocenters. The highest BCUT2D eigenvalue weighted by atomic mass is 35.5. The van der Waals surface area contributed by atoms with Crippen LogP contribution in [0.15, 0.2) is 77.2 Å². The highest BCUT2D eigenvalue weighted by Crippen LogP contribution is 2.34. The Morgan fingerprint density at radius 1 is 1.00 bits per heavy atom. The molecule has 0 bridgehead atoms. The van der Waals surface area contributed by atoms with E-state index in [1.54, 1.807) is 66.7 Å². The molecular formula is C25H17Cl2NO4. The Morgan fingerprint density at radius 3 is 2.47 bits per heavy atom. The lowest BCUT2D eigenvalue weighted by atomic mass is 10.1. The van der Waals surface area contributed by atoms with Gasteiger partial charge in [-0.2, -0.15) is 0 Å². The van der Waals surface area contributed by atoms with Crippen LogP contribution in [0.1, 0.15) is 21.7 Å². The topological polar surface area (TPSA) is 68.5 Å². The van der Waals surface area contributed by atoms with Gasteiger partial charge in [0, 0.05) is 22.0 Å². The minimum Gasteiger partial charge on any atom is -0.495 e. The Kier molecular flexibility index (Phi) is 6.30. The zero-order chi connectivity index (χ0) is 22.7. The van der Waals surface area contributed by atoms with Gasteiger partial charge in [-0.3, -0.25) is 9.59 Å². The van der Waals surface area contributed by atoms with Crippen molar-refractivity contribution in [3.8, 4) is 5.75 Å². The van der Waals surface area contributed by atoms with Crippen molar-refractivity contribution >= 4 is 57.6 Å². The predicted octanol–water partition coefficient (Wildman–Crippen LogP) is 6.63. The van der Waals surface area contributed by atoms with E-state index in [0.717, 1.165) is 5.56 Å². The van der Waals surface area contributed by atoms with Crippen molar-refractivity contribution in [1.29, 1.82) is 0 Å². The third kappa shape index (κ3) is 4.54. The fourth-order valence-corrected chi connectivity index (χ4v) is 3.56. The second kappa shape index (κ2) is 9.30. The van der Waals surface area contributed by atoms with Crippen molar-refractivity contribution in [3.63, 3.8) is 0 Å². The van der Waals surface area contributed by atoms with Gasteiger partial charge in [0.2, 0.25) is 11.7 Å². The lowest BCUT2D eigenvalue weighted by molar-refractivity contribution is -0.111. The van der Waals surface area contributed by atoms with Gasteiger partial charge in [-0.25, -0.2) is 0 Å². The van der Waals surface area contributed by atoms with E-state index in [2.05, 4.69) is 5.32 Å². The van der Waals surface area contributed by atoms with Crippen molar-refractivity contribution in [3.05, 3.63) is 99.7 Å². The Morgan fingerprint density at radius 2 is 1.75 bits per heavy atom. The fraction of sp³-hybridized carbons (Fsp3) is 0.0400. The molecule has 7 heteroatoms. The zero-order valence-electron chi connectivity index (χ0n) is 16.9. The smallest absolute Gasteiger partial charge is 0.248 e. The second-order valence-corrected chi connectivity index (χ2v) is 7.70. The minimum absolute atomic E-state index is 0.0145. The molecule has 0 aliphatic rings. The summed E-state index contributed by atoms with van der Waals surface area (Å²) in [5.41, 5.74) is 1.89. The van der Waals surface area contributed by atoms with Gasteiger partial charge in [-0.1, -0.05) is 47.5 Å². The Hall–Kier alpha value is -3.54. The standard InChI is InChI=1S/C25H17Cl2NO4/c1-31-21-12-9-16(14-19(21)27)24(30)25-23(18-4-2-3-5-20(18)32-25)28-22(29)13-8-15-6-10-17(26)11-7-15/h2-14H,1H3,(H,28,29)/b13-8+. The van der Waals surface area contributed by atoms with Gasteiger partial charge >= 0.3 is 0 Å². The van der Waals surface area contributed by atoms with E-state index < -0.39 is 11.7 Å². The number of hydrogen-bond acceptors (Lipinski definition) is 4. The molecular weight excluding hydrogens is 449 g/mol. The molecule has 0 fully saturated rings. The number of carbonyl (C=O) groups excluding carboxylic acids is 2. The van der Waals surface area contributed by atoms with Crippen molar-refractivity contribution in [1.82, 2.24) is 0 Å². The molecule has 1 N–H and O–H groups in total. The number of para-hydroxylation sites is 1. The van der Waals surface area contributed by atoms with Crippen LogP contribution < -0.4 is 10.1 Å². The van der Waals surface area contributed by atoms with E-state index in [-0.39, 0.29) is 5.76 Å². The summed E-state index contributed by atoms with van der Waals surface area (Å²) >= 11 is 12.1. The Bertz CT molecular complexity index is 1340. The van der Waals surface area contributed by atoms with E-state index in [1.165, 1.54) is 19.3 Å². The number of nitrogens with one attached hydrogen (secondary N) is 1. The Balaban J connectivity index is 1.67. The number of ketones is 1. The summed E-state index contributed by atoms with van der Waals surface area (Å²) in [5.74, 6) is -0.356. The summed E-state index contributed by atoms with van der Waals surface area (Å²) in [4.78, 5) is 25.8.